The van der Waals surface area contributed by atoms with Gasteiger partial charge in [-0.1, -0.05) is 13.8 Å². The molecule has 0 bridgehead atoms. The third kappa shape index (κ3) is 11.8. The van der Waals surface area contributed by atoms with Gasteiger partial charge >= 0.3 is 35.5 Å². The first-order valence-corrected chi connectivity index (χ1v) is 2.68. The van der Waals surface area contributed by atoms with Gasteiger partial charge in [-0.15, -0.1) is 0 Å². The molecule has 0 aromatic heterocycles. The normalized spacial score (nSPS) is 8.78. The third-order valence-corrected chi connectivity index (χ3v) is 0.851. The molecule has 0 rings (SSSR count). The van der Waals surface area contributed by atoms with E-state index in [9.17, 15) is 4.79 Å². The number of hydrogen-bond acceptors (Lipinski definition) is 1. The first kappa shape index (κ1) is 12.2. The molecule has 2 nitrogen and oxygen atoms in total. The molecule has 0 aliphatic carbocycles. The van der Waals surface area contributed by atoms with E-state index in [2.05, 4.69) is 6.92 Å². The van der Waals surface area contributed by atoms with Crippen molar-refractivity contribution in [3.05, 3.63) is 6.92 Å². The van der Waals surface area contributed by atoms with Crippen LogP contribution in [0.5, 0.6) is 0 Å². The molecule has 0 amide bonds. The number of aliphatic carboxylic acids is 1. The zero-order valence-electron chi connectivity index (χ0n) is 5.05. The molecular weight excluding hydrogens is 127 g/mol. The van der Waals surface area contributed by atoms with Crippen LogP contribution in [0.2, 0.25) is 0 Å². The van der Waals surface area contributed by atoms with Crippen molar-refractivity contribution in [1.29, 1.82) is 0 Å². The number of carbonyl (C=O) groups is 1. The van der Waals surface area contributed by atoms with Gasteiger partial charge in [-0.2, -0.15) is 0 Å². The van der Waals surface area contributed by atoms with Gasteiger partial charge in [-0.3, -0.25) is 4.79 Å². The summed E-state index contributed by atoms with van der Waals surface area (Å²) >= 11 is 0. The second-order valence-corrected chi connectivity index (χ2v) is 2.04. The van der Waals surface area contributed by atoms with Gasteiger partial charge in [0, 0.05) is 6.42 Å². The van der Waals surface area contributed by atoms with Crippen molar-refractivity contribution in [3.63, 3.8) is 0 Å². The van der Waals surface area contributed by atoms with Crippen molar-refractivity contribution < 1.29 is 9.90 Å². The average molecular weight is 139 g/mol. The van der Waals surface area contributed by atoms with Crippen molar-refractivity contribution in [2.45, 2.75) is 19.8 Å². The molecule has 0 aromatic carbocycles. The van der Waals surface area contributed by atoms with Crippen LogP contribution >= 0.6 is 0 Å². The maximum atomic E-state index is 9.88. The topological polar surface area (TPSA) is 37.3 Å². The van der Waals surface area contributed by atoms with Crippen LogP contribution in [-0.2, 0) is 4.79 Å². The SMILES string of the molecule is [CH2]C(C)CCC(=O)O.[NaH]. The predicted molar refractivity (Wildman–Crippen MR) is 38.5 cm³/mol. The molecule has 1 unspecified atom stereocenters. The zero-order chi connectivity index (χ0) is 6.57. The van der Waals surface area contributed by atoms with E-state index in [4.69, 9.17) is 5.11 Å². The zero-order valence-corrected chi connectivity index (χ0v) is 5.05. The Morgan fingerprint density at radius 1 is 1.78 bits per heavy atom. The molecule has 0 heterocycles. The average Bonchev–Trinajstić information content (AvgIpc) is 1.61. The number of carboxylic acids is 1. The Balaban J connectivity index is 0. The molecule has 49 valence electrons. The van der Waals surface area contributed by atoms with Crippen LogP contribution in [0.3, 0.4) is 0 Å². The minimum atomic E-state index is -0.736. The van der Waals surface area contributed by atoms with Gasteiger partial charge in [0.1, 0.15) is 0 Å². The Hall–Kier alpha value is 0.470. The van der Waals surface area contributed by atoms with Crippen molar-refractivity contribution >= 4 is 35.5 Å². The van der Waals surface area contributed by atoms with Crippen molar-refractivity contribution in [2.24, 2.45) is 5.92 Å². The fraction of sp³-hybridized carbons (Fsp3) is 0.667. The molecule has 1 atom stereocenters. The first-order chi connectivity index (χ1) is 3.63. The minimum absolute atomic E-state index is 0. The van der Waals surface area contributed by atoms with Gasteiger partial charge in [0.2, 0.25) is 0 Å². The summed E-state index contributed by atoms with van der Waals surface area (Å²) in [4.78, 5) is 9.88. The fourth-order valence-corrected chi connectivity index (χ4v) is 0.370. The summed E-state index contributed by atoms with van der Waals surface area (Å²) in [5.41, 5.74) is 0. The molecule has 0 aliphatic heterocycles. The van der Waals surface area contributed by atoms with Crippen molar-refractivity contribution in [2.75, 3.05) is 0 Å². The van der Waals surface area contributed by atoms with Crippen molar-refractivity contribution in [1.82, 2.24) is 0 Å². The Kier molecular flexibility index (Phi) is 8.91. The van der Waals surface area contributed by atoms with E-state index in [1.165, 1.54) is 0 Å². The van der Waals surface area contributed by atoms with Gasteiger partial charge in [0.05, 0.1) is 0 Å². The van der Waals surface area contributed by atoms with Gasteiger partial charge < -0.3 is 5.11 Å². The van der Waals surface area contributed by atoms with Gasteiger partial charge in [0.15, 0.2) is 0 Å². The summed E-state index contributed by atoms with van der Waals surface area (Å²) < 4.78 is 0. The molecule has 9 heavy (non-hydrogen) atoms. The Bertz CT molecular complexity index is 81.1. The maximum absolute atomic E-state index is 9.88. The molecule has 0 saturated heterocycles. The second kappa shape index (κ2) is 6.59. The summed E-state index contributed by atoms with van der Waals surface area (Å²) in [7, 11) is 0. The van der Waals surface area contributed by atoms with E-state index < -0.39 is 5.97 Å². The van der Waals surface area contributed by atoms with E-state index in [0.717, 1.165) is 0 Å². The summed E-state index contributed by atoms with van der Waals surface area (Å²) in [5.74, 6) is -0.480. The molecule has 1 N–H and O–H groups in total. The van der Waals surface area contributed by atoms with Crippen molar-refractivity contribution in [3.8, 4) is 0 Å². The summed E-state index contributed by atoms with van der Waals surface area (Å²) in [6, 6.07) is 0. The van der Waals surface area contributed by atoms with Crippen LogP contribution in [0.4, 0.5) is 0 Å². The molecule has 3 heteroatoms. The monoisotopic (exact) mass is 139 g/mol. The van der Waals surface area contributed by atoms with Crippen LogP contribution in [0.25, 0.3) is 0 Å². The molecule has 0 fully saturated rings. The summed E-state index contributed by atoms with van der Waals surface area (Å²) in [5, 5.41) is 8.13. The molecular formula is C6H12NaO2. The third-order valence-electron chi connectivity index (χ3n) is 0.851. The summed E-state index contributed by atoms with van der Waals surface area (Å²) in [6.45, 7) is 5.55. The predicted octanol–water partition coefficient (Wildman–Crippen LogP) is 0.673. The van der Waals surface area contributed by atoms with E-state index in [1.54, 1.807) is 0 Å². The van der Waals surface area contributed by atoms with Crippen LogP contribution in [0, 0.1) is 12.8 Å². The Labute approximate surface area is 77.9 Å². The van der Waals surface area contributed by atoms with Crippen LogP contribution < -0.4 is 0 Å². The quantitative estimate of drug-likeness (QED) is 0.583. The van der Waals surface area contributed by atoms with Crippen LogP contribution in [0.15, 0.2) is 0 Å². The molecule has 1 radical (unpaired) electrons. The van der Waals surface area contributed by atoms with Crippen LogP contribution in [-0.4, -0.2) is 40.6 Å². The molecule has 0 saturated carbocycles. The fourth-order valence-electron chi connectivity index (χ4n) is 0.370. The van der Waals surface area contributed by atoms with Gasteiger partial charge in [-0.05, 0) is 12.3 Å². The van der Waals surface area contributed by atoms with E-state index in [1.807, 2.05) is 6.92 Å². The molecule has 0 spiro atoms. The van der Waals surface area contributed by atoms with Crippen LogP contribution in [0.1, 0.15) is 19.8 Å². The Morgan fingerprint density at radius 3 is 2.33 bits per heavy atom. The van der Waals surface area contributed by atoms with E-state index >= 15 is 0 Å². The van der Waals surface area contributed by atoms with E-state index in [-0.39, 0.29) is 41.9 Å². The number of rotatable bonds is 3. The summed E-state index contributed by atoms with van der Waals surface area (Å²) in [6.07, 6.45) is 0.917. The first-order valence-electron chi connectivity index (χ1n) is 2.68. The van der Waals surface area contributed by atoms with Gasteiger partial charge in [-0.25, -0.2) is 0 Å². The van der Waals surface area contributed by atoms with E-state index in [0.29, 0.717) is 6.42 Å². The number of carboxylic acid groups (broad SMARTS) is 1. The standard InChI is InChI=1S/C6H11O2.Na.H/c1-5(2)3-4-6(7)8;;/h5H,1,3-4H2,2H3,(H,7,8);;. The second-order valence-electron chi connectivity index (χ2n) is 2.04. The Morgan fingerprint density at radius 2 is 2.22 bits per heavy atom. The number of hydrogen-bond donors (Lipinski definition) is 1. The molecule has 0 aromatic rings. The molecule has 0 aliphatic rings. The van der Waals surface area contributed by atoms with Gasteiger partial charge in [0.25, 0.3) is 0 Å².